The van der Waals surface area contributed by atoms with Gasteiger partial charge in [-0.05, 0) is 6.92 Å². The Bertz CT molecular complexity index is 464. The van der Waals surface area contributed by atoms with Crippen molar-refractivity contribution < 1.29 is 5.11 Å². The smallest absolute Gasteiger partial charge is 0.186 e. The molecule has 0 aliphatic rings. The van der Waals surface area contributed by atoms with Crippen molar-refractivity contribution in [1.29, 1.82) is 0 Å². The highest BCUT2D eigenvalue weighted by Gasteiger charge is 2.06. The molecular formula is C9H13N5O. The van der Waals surface area contributed by atoms with Crippen molar-refractivity contribution in [2.24, 2.45) is 7.05 Å². The van der Waals surface area contributed by atoms with E-state index in [1.165, 1.54) is 6.33 Å². The first-order chi connectivity index (χ1) is 7.16. The lowest BCUT2D eigenvalue weighted by atomic mass is 10.3. The van der Waals surface area contributed by atoms with Crippen LogP contribution in [0.2, 0.25) is 0 Å². The maximum Gasteiger partial charge on any atom is 0.186 e. The van der Waals surface area contributed by atoms with Gasteiger partial charge in [-0.2, -0.15) is 5.10 Å². The number of hydrogen-bond acceptors (Lipinski definition) is 5. The first-order valence-electron chi connectivity index (χ1n) is 4.73. The second kappa shape index (κ2) is 3.82. The Kier molecular flexibility index (Phi) is 2.51. The number of nitrogens with zero attached hydrogens (tertiary/aromatic N) is 4. The number of aliphatic hydroxyl groups excluding tert-OH is 1. The topological polar surface area (TPSA) is 75.9 Å². The van der Waals surface area contributed by atoms with Gasteiger partial charge in [0.1, 0.15) is 12.1 Å². The molecule has 2 aromatic rings. The summed E-state index contributed by atoms with van der Waals surface area (Å²) in [5.74, 6) is 0.703. The van der Waals surface area contributed by atoms with Crippen molar-refractivity contribution in [3.05, 3.63) is 12.5 Å². The van der Waals surface area contributed by atoms with Gasteiger partial charge in [0, 0.05) is 19.8 Å². The average Bonchev–Trinajstić information content (AvgIpc) is 2.55. The Labute approximate surface area is 87.0 Å². The van der Waals surface area contributed by atoms with Crippen LogP contribution in [0.3, 0.4) is 0 Å². The van der Waals surface area contributed by atoms with Crippen molar-refractivity contribution in [1.82, 2.24) is 19.7 Å². The summed E-state index contributed by atoms with van der Waals surface area (Å²) < 4.78 is 1.69. The average molecular weight is 207 g/mol. The molecule has 0 radical (unpaired) electrons. The van der Waals surface area contributed by atoms with Gasteiger partial charge >= 0.3 is 0 Å². The summed E-state index contributed by atoms with van der Waals surface area (Å²) in [4.78, 5) is 8.15. The molecule has 2 aromatic heterocycles. The van der Waals surface area contributed by atoms with Gasteiger partial charge in [-0.25, -0.2) is 9.97 Å². The number of aromatic nitrogens is 4. The minimum atomic E-state index is -0.410. The van der Waals surface area contributed by atoms with Crippen LogP contribution in [-0.4, -0.2) is 37.5 Å². The molecule has 1 atom stereocenters. The van der Waals surface area contributed by atoms with Crippen molar-refractivity contribution in [2.45, 2.75) is 13.0 Å². The summed E-state index contributed by atoms with van der Waals surface area (Å²) >= 11 is 0. The van der Waals surface area contributed by atoms with E-state index < -0.39 is 6.10 Å². The van der Waals surface area contributed by atoms with Crippen LogP contribution in [0.1, 0.15) is 6.92 Å². The van der Waals surface area contributed by atoms with Crippen LogP contribution in [0.5, 0.6) is 0 Å². The van der Waals surface area contributed by atoms with Crippen LogP contribution in [0.4, 0.5) is 5.82 Å². The number of anilines is 1. The molecule has 0 saturated carbocycles. The van der Waals surface area contributed by atoms with Gasteiger partial charge in [-0.3, -0.25) is 4.68 Å². The second-order valence-electron chi connectivity index (χ2n) is 3.49. The van der Waals surface area contributed by atoms with Gasteiger partial charge in [0.05, 0.1) is 11.5 Å². The molecule has 1 unspecified atom stereocenters. The highest BCUT2D eigenvalue weighted by molar-refractivity contribution is 5.85. The Morgan fingerprint density at radius 1 is 1.53 bits per heavy atom. The first-order valence-corrected chi connectivity index (χ1v) is 4.73. The van der Waals surface area contributed by atoms with Gasteiger partial charge < -0.3 is 10.4 Å². The second-order valence-corrected chi connectivity index (χ2v) is 3.49. The van der Waals surface area contributed by atoms with Gasteiger partial charge in [0.15, 0.2) is 5.65 Å². The summed E-state index contributed by atoms with van der Waals surface area (Å²) in [6, 6.07) is 0. The SMILES string of the molecule is CC(O)CNc1ncnc2nn(C)cc12. The van der Waals surface area contributed by atoms with E-state index in [4.69, 9.17) is 5.11 Å². The van der Waals surface area contributed by atoms with Crippen molar-refractivity contribution in [3.8, 4) is 0 Å². The molecule has 0 fully saturated rings. The molecule has 0 saturated heterocycles. The molecule has 0 amide bonds. The van der Waals surface area contributed by atoms with Crippen LogP contribution in [0, 0.1) is 0 Å². The number of aliphatic hydroxyl groups is 1. The van der Waals surface area contributed by atoms with Crippen LogP contribution in [-0.2, 0) is 7.05 Å². The van der Waals surface area contributed by atoms with Gasteiger partial charge in [0.2, 0.25) is 0 Å². The third kappa shape index (κ3) is 2.04. The standard InChI is InChI=1S/C9H13N5O/c1-6(15)3-10-8-7-4-14(2)13-9(7)12-5-11-8/h4-6,15H,3H2,1-2H3,(H,10,11,12,13). The Balaban J connectivity index is 2.33. The maximum absolute atomic E-state index is 9.16. The summed E-state index contributed by atoms with van der Waals surface area (Å²) in [7, 11) is 1.83. The molecule has 0 spiro atoms. The Hall–Kier alpha value is -1.69. The predicted molar refractivity (Wildman–Crippen MR) is 56.5 cm³/mol. The molecule has 6 heteroatoms. The Morgan fingerprint density at radius 2 is 2.33 bits per heavy atom. The molecule has 2 N–H and O–H groups in total. The van der Waals surface area contributed by atoms with E-state index in [1.807, 2.05) is 13.2 Å². The van der Waals surface area contributed by atoms with Crippen LogP contribution in [0.25, 0.3) is 11.0 Å². The van der Waals surface area contributed by atoms with Gasteiger partial charge in [-0.15, -0.1) is 0 Å². The van der Waals surface area contributed by atoms with Crippen molar-refractivity contribution in [2.75, 3.05) is 11.9 Å². The fourth-order valence-corrected chi connectivity index (χ4v) is 1.34. The molecular weight excluding hydrogens is 194 g/mol. The molecule has 80 valence electrons. The third-order valence-electron chi connectivity index (χ3n) is 2.00. The first kappa shape index (κ1) is 9.85. The lowest BCUT2D eigenvalue weighted by molar-refractivity contribution is 0.208. The van der Waals surface area contributed by atoms with E-state index in [-0.39, 0.29) is 0 Å². The third-order valence-corrected chi connectivity index (χ3v) is 2.00. The van der Waals surface area contributed by atoms with Crippen LogP contribution < -0.4 is 5.32 Å². The zero-order chi connectivity index (χ0) is 10.8. The predicted octanol–water partition coefficient (Wildman–Crippen LogP) is 0.156. The van der Waals surface area contributed by atoms with Crippen LogP contribution >= 0.6 is 0 Å². The quantitative estimate of drug-likeness (QED) is 0.749. The maximum atomic E-state index is 9.16. The number of aryl methyl sites for hydroxylation is 1. The highest BCUT2D eigenvalue weighted by atomic mass is 16.3. The lowest BCUT2D eigenvalue weighted by Crippen LogP contribution is -2.16. The van der Waals surface area contributed by atoms with Gasteiger partial charge in [0.25, 0.3) is 0 Å². The molecule has 2 rings (SSSR count). The normalized spacial score (nSPS) is 13.0. The fraction of sp³-hybridized carbons (Fsp3) is 0.444. The van der Waals surface area contributed by atoms with E-state index in [0.717, 1.165) is 5.39 Å². The summed E-state index contributed by atoms with van der Waals surface area (Å²) in [5, 5.41) is 17.2. The van der Waals surface area contributed by atoms with Gasteiger partial charge in [-0.1, -0.05) is 0 Å². The Morgan fingerprint density at radius 3 is 3.07 bits per heavy atom. The lowest BCUT2D eigenvalue weighted by Gasteiger charge is -2.07. The molecule has 2 heterocycles. The number of fused-ring (bicyclic) bond motifs is 1. The molecule has 0 aliphatic heterocycles. The summed E-state index contributed by atoms with van der Waals surface area (Å²) in [6.45, 7) is 2.18. The fourth-order valence-electron chi connectivity index (χ4n) is 1.34. The summed E-state index contributed by atoms with van der Waals surface area (Å²) in [6.07, 6.45) is 2.89. The van der Waals surface area contributed by atoms with E-state index in [1.54, 1.807) is 11.6 Å². The number of hydrogen-bond donors (Lipinski definition) is 2. The van der Waals surface area contributed by atoms with Crippen molar-refractivity contribution >= 4 is 16.9 Å². The van der Waals surface area contributed by atoms with E-state index >= 15 is 0 Å². The monoisotopic (exact) mass is 207 g/mol. The number of nitrogens with one attached hydrogen (secondary N) is 1. The number of rotatable bonds is 3. The minimum absolute atomic E-state index is 0.410. The molecule has 6 nitrogen and oxygen atoms in total. The minimum Gasteiger partial charge on any atom is -0.392 e. The zero-order valence-electron chi connectivity index (χ0n) is 8.68. The largest absolute Gasteiger partial charge is 0.392 e. The molecule has 0 aromatic carbocycles. The molecule has 0 aliphatic carbocycles. The van der Waals surface area contributed by atoms with E-state index in [2.05, 4.69) is 20.4 Å². The van der Waals surface area contributed by atoms with Crippen LogP contribution in [0.15, 0.2) is 12.5 Å². The zero-order valence-corrected chi connectivity index (χ0v) is 8.68. The summed E-state index contributed by atoms with van der Waals surface area (Å²) in [5.41, 5.74) is 0.653. The molecule has 15 heavy (non-hydrogen) atoms. The van der Waals surface area contributed by atoms with Crippen molar-refractivity contribution in [3.63, 3.8) is 0 Å². The van der Waals surface area contributed by atoms with E-state index in [0.29, 0.717) is 18.0 Å². The highest BCUT2D eigenvalue weighted by Crippen LogP contribution is 2.16. The molecule has 0 bridgehead atoms. The van der Waals surface area contributed by atoms with E-state index in [9.17, 15) is 0 Å².